The van der Waals surface area contributed by atoms with E-state index in [-0.39, 0.29) is 11.8 Å². The van der Waals surface area contributed by atoms with E-state index in [0.717, 1.165) is 32.8 Å². The molecule has 2 aromatic heterocycles. The Bertz CT molecular complexity index is 1410. The van der Waals surface area contributed by atoms with Crippen LogP contribution in [0.4, 0.5) is 5.82 Å². The van der Waals surface area contributed by atoms with Crippen molar-refractivity contribution in [3.05, 3.63) is 53.2 Å². The Hall–Kier alpha value is -3.59. The average molecular weight is 493 g/mol. The summed E-state index contributed by atoms with van der Waals surface area (Å²) in [5.41, 5.74) is 3.67. The molecule has 182 valence electrons. The van der Waals surface area contributed by atoms with Crippen LogP contribution in [0.2, 0.25) is 0 Å². The van der Waals surface area contributed by atoms with Crippen molar-refractivity contribution >= 4 is 33.3 Å². The van der Waals surface area contributed by atoms with Crippen molar-refractivity contribution in [2.75, 3.05) is 26.1 Å². The first-order valence-electron chi connectivity index (χ1n) is 11.5. The van der Waals surface area contributed by atoms with Crippen LogP contribution in [0.3, 0.4) is 0 Å². The van der Waals surface area contributed by atoms with Crippen LogP contribution in [0.5, 0.6) is 17.2 Å². The number of benzene rings is 2. The van der Waals surface area contributed by atoms with Crippen molar-refractivity contribution in [1.29, 1.82) is 0 Å². The molecule has 9 heteroatoms. The average Bonchev–Trinajstić information content (AvgIpc) is 3.42. The van der Waals surface area contributed by atoms with Gasteiger partial charge in [-0.05, 0) is 48.7 Å². The van der Waals surface area contributed by atoms with E-state index in [1.165, 1.54) is 11.3 Å². The number of nitrogens with zero attached hydrogens (tertiary/aromatic N) is 3. The van der Waals surface area contributed by atoms with Gasteiger partial charge >= 0.3 is 0 Å². The summed E-state index contributed by atoms with van der Waals surface area (Å²) in [6, 6.07) is 11.7. The van der Waals surface area contributed by atoms with E-state index in [4.69, 9.17) is 24.3 Å². The molecule has 1 aliphatic rings. The summed E-state index contributed by atoms with van der Waals surface area (Å²) in [6.07, 6.45) is 0.325. The van der Waals surface area contributed by atoms with E-state index in [1.807, 2.05) is 43.3 Å². The molecule has 0 saturated heterocycles. The Morgan fingerprint density at radius 1 is 1.14 bits per heavy atom. The number of hydrogen-bond acceptors (Lipinski definition) is 7. The van der Waals surface area contributed by atoms with E-state index in [2.05, 4.69) is 19.2 Å². The molecule has 35 heavy (non-hydrogen) atoms. The molecule has 0 fully saturated rings. The summed E-state index contributed by atoms with van der Waals surface area (Å²) >= 11 is 1.50. The lowest BCUT2D eigenvalue weighted by Gasteiger charge is -2.25. The van der Waals surface area contributed by atoms with Crippen LogP contribution >= 0.6 is 11.3 Å². The first-order chi connectivity index (χ1) is 16.9. The summed E-state index contributed by atoms with van der Waals surface area (Å²) < 4.78 is 19.6. The second kappa shape index (κ2) is 9.22. The predicted molar refractivity (Wildman–Crippen MR) is 136 cm³/mol. The molecule has 1 atom stereocenters. The number of fused-ring (bicyclic) bond motifs is 2. The van der Waals surface area contributed by atoms with E-state index < -0.39 is 0 Å². The third-order valence-corrected chi connectivity index (χ3v) is 7.02. The van der Waals surface area contributed by atoms with Crippen LogP contribution in [-0.2, 0) is 4.79 Å². The van der Waals surface area contributed by atoms with E-state index >= 15 is 0 Å². The molecule has 0 aliphatic carbocycles. The summed E-state index contributed by atoms with van der Waals surface area (Å²) in [7, 11) is 3.27. The number of anilines is 1. The number of aromatic nitrogens is 3. The van der Waals surface area contributed by atoms with Gasteiger partial charge in [0.25, 0.3) is 0 Å². The molecular formula is C26H28N4O4S. The number of nitrogens with one attached hydrogen (secondary N) is 1. The highest BCUT2D eigenvalue weighted by Gasteiger charge is 2.33. The SMILES string of the molecule is COc1ccc2nc(-n3nc(C)c4c3NC(=O)CC4c3ccc(OCC(C)C)c(OC)c3)sc2c1. The van der Waals surface area contributed by atoms with Crippen LogP contribution in [0.25, 0.3) is 15.3 Å². The van der Waals surface area contributed by atoms with Gasteiger partial charge < -0.3 is 19.5 Å². The first-order valence-corrected chi connectivity index (χ1v) is 12.3. The molecule has 2 aromatic carbocycles. The highest BCUT2D eigenvalue weighted by atomic mass is 32.1. The Morgan fingerprint density at radius 2 is 1.97 bits per heavy atom. The number of hydrogen-bond donors (Lipinski definition) is 1. The summed E-state index contributed by atoms with van der Waals surface area (Å²) in [5, 5.41) is 8.51. The van der Waals surface area contributed by atoms with E-state index in [9.17, 15) is 4.79 Å². The van der Waals surface area contributed by atoms with Gasteiger partial charge in [0.05, 0.1) is 36.7 Å². The number of amides is 1. The zero-order chi connectivity index (χ0) is 24.7. The fourth-order valence-corrected chi connectivity index (χ4v) is 5.31. The van der Waals surface area contributed by atoms with Crippen molar-refractivity contribution in [2.45, 2.75) is 33.1 Å². The molecule has 0 bridgehead atoms. The standard InChI is InChI=1S/C26H28N4O4S/c1-14(2)13-34-20-9-6-16(10-21(20)33-5)18-12-23(31)28-25-24(18)15(3)29-30(25)26-27-19-8-7-17(32-4)11-22(19)35-26/h6-11,14,18H,12-13H2,1-5H3,(H,28,31). The Balaban J connectivity index is 1.56. The zero-order valence-corrected chi connectivity index (χ0v) is 21.2. The van der Waals surface area contributed by atoms with Crippen molar-refractivity contribution in [3.63, 3.8) is 0 Å². The Kier molecular flexibility index (Phi) is 6.10. The molecule has 5 rings (SSSR count). The second-order valence-corrected chi connectivity index (χ2v) is 10.0. The van der Waals surface area contributed by atoms with Crippen LogP contribution in [0, 0.1) is 12.8 Å². The van der Waals surface area contributed by atoms with Gasteiger partial charge in [-0.15, -0.1) is 0 Å². The zero-order valence-electron chi connectivity index (χ0n) is 20.4. The van der Waals surface area contributed by atoms with Crippen LogP contribution in [0.15, 0.2) is 36.4 Å². The topological polar surface area (TPSA) is 87.5 Å². The molecule has 0 saturated carbocycles. The minimum absolute atomic E-state index is 0.0643. The molecule has 3 heterocycles. The number of ether oxygens (including phenoxy) is 3. The maximum absolute atomic E-state index is 12.8. The monoisotopic (exact) mass is 492 g/mol. The highest BCUT2D eigenvalue weighted by molar-refractivity contribution is 7.20. The highest BCUT2D eigenvalue weighted by Crippen LogP contribution is 2.43. The molecule has 1 N–H and O–H groups in total. The third kappa shape index (κ3) is 4.32. The third-order valence-electron chi connectivity index (χ3n) is 6.03. The molecule has 4 aromatic rings. The predicted octanol–water partition coefficient (Wildman–Crippen LogP) is 5.32. The van der Waals surface area contributed by atoms with Gasteiger partial charge in [-0.3, -0.25) is 4.79 Å². The van der Waals surface area contributed by atoms with Crippen LogP contribution < -0.4 is 19.5 Å². The fraction of sp³-hybridized carbons (Fsp3) is 0.346. The van der Waals surface area contributed by atoms with Crippen molar-refractivity contribution in [2.24, 2.45) is 5.92 Å². The lowest BCUT2D eigenvalue weighted by Crippen LogP contribution is -2.25. The lowest BCUT2D eigenvalue weighted by atomic mass is 9.85. The maximum atomic E-state index is 12.8. The van der Waals surface area contributed by atoms with Gasteiger partial charge in [0.2, 0.25) is 11.0 Å². The van der Waals surface area contributed by atoms with Crippen LogP contribution in [-0.4, -0.2) is 41.5 Å². The van der Waals surface area contributed by atoms with Crippen LogP contribution in [0.1, 0.15) is 43.0 Å². The van der Waals surface area contributed by atoms with Crippen molar-refractivity contribution in [1.82, 2.24) is 14.8 Å². The quantitative estimate of drug-likeness (QED) is 0.376. The van der Waals surface area contributed by atoms with Crippen molar-refractivity contribution in [3.8, 4) is 22.4 Å². The first kappa shape index (κ1) is 23.2. The minimum atomic E-state index is -0.157. The maximum Gasteiger partial charge on any atom is 0.226 e. The van der Waals surface area contributed by atoms with Gasteiger partial charge in [0.15, 0.2) is 11.5 Å². The van der Waals surface area contributed by atoms with Gasteiger partial charge in [0, 0.05) is 17.9 Å². The Labute approximate surface area is 207 Å². The molecular weight excluding hydrogens is 464 g/mol. The fourth-order valence-electron chi connectivity index (χ4n) is 4.36. The van der Waals surface area contributed by atoms with Gasteiger partial charge in [-0.1, -0.05) is 31.3 Å². The number of thiazole rings is 1. The van der Waals surface area contributed by atoms with Gasteiger partial charge in [-0.25, -0.2) is 4.98 Å². The molecule has 1 unspecified atom stereocenters. The minimum Gasteiger partial charge on any atom is -0.497 e. The van der Waals surface area contributed by atoms with Crippen molar-refractivity contribution < 1.29 is 19.0 Å². The molecule has 1 aliphatic heterocycles. The molecule has 0 spiro atoms. The smallest absolute Gasteiger partial charge is 0.226 e. The molecule has 0 radical (unpaired) electrons. The number of methoxy groups -OCH3 is 2. The lowest BCUT2D eigenvalue weighted by molar-refractivity contribution is -0.116. The van der Waals surface area contributed by atoms with Gasteiger partial charge in [-0.2, -0.15) is 9.78 Å². The van der Waals surface area contributed by atoms with E-state index in [0.29, 0.717) is 41.4 Å². The largest absolute Gasteiger partial charge is 0.497 e. The number of rotatable bonds is 7. The summed E-state index contributed by atoms with van der Waals surface area (Å²) in [6.45, 7) is 6.77. The Morgan fingerprint density at radius 3 is 2.71 bits per heavy atom. The normalized spacial score (nSPS) is 15.3. The number of aryl methyl sites for hydroxylation is 1. The summed E-state index contributed by atoms with van der Waals surface area (Å²) in [5.74, 6) is 2.97. The van der Waals surface area contributed by atoms with Gasteiger partial charge in [0.1, 0.15) is 11.6 Å². The summed E-state index contributed by atoms with van der Waals surface area (Å²) in [4.78, 5) is 17.6. The number of carbonyl (C=O) groups excluding carboxylic acids is 1. The van der Waals surface area contributed by atoms with E-state index in [1.54, 1.807) is 18.9 Å². The molecule has 8 nitrogen and oxygen atoms in total. The molecule has 1 amide bonds. The second-order valence-electron chi connectivity index (χ2n) is 9.01. The number of carbonyl (C=O) groups is 1.